The van der Waals surface area contributed by atoms with Gasteiger partial charge in [0.2, 0.25) is 0 Å². The largest absolute Gasteiger partial charge is 0.510 e. The molecule has 6 nitrogen and oxygen atoms in total. The van der Waals surface area contributed by atoms with E-state index in [1.807, 2.05) is 6.92 Å². The van der Waals surface area contributed by atoms with Gasteiger partial charge in [-0.3, -0.25) is 4.79 Å². The molecule has 0 aliphatic heterocycles. The van der Waals surface area contributed by atoms with Gasteiger partial charge < -0.3 is 25.2 Å². The molecule has 3 fully saturated rings. The standard InChI is InChI=1S/C23H32O6/c1-5-23(28)18(26)11-14-19-13(6-9-22(14,23)4)21(3)8-7-16(25)20(27)15(21)10-17(19)29-12(2)24/h1,13-14,16-19,25-28H,6-11H2,2-4H3/t13-,14-,16+,17-,18+,19+,21+,22-,23-/m0/s1. The van der Waals surface area contributed by atoms with Crippen LogP contribution in [0, 0.1) is 40.9 Å². The lowest BCUT2D eigenvalue weighted by Crippen LogP contribution is -2.59. The number of hydrogen-bond donors (Lipinski definition) is 4. The molecule has 6 heteroatoms. The highest BCUT2D eigenvalue weighted by atomic mass is 16.5. The molecule has 0 radical (unpaired) electrons. The Bertz CT molecular complexity index is 798. The van der Waals surface area contributed by atoms with Gasteiger partial charge >= 0.3 is 5.97 Å². The number of rotatable bonds is 1. The lowest BCUT2D eigenvalue weighted by molar-refractivity contribution is -0.174. The first-order valence-corrected chi connectivity index (χ1v) is 10.7. The zero-order valence-corrected chi connectivity index (χ0v) is 17.4. The van der Waals surface area contributed by atoms with Gasteiger partial charge in [-0.25, -0.2) is 0 Å². The first-order chi connectivity index (χ1) is 13.5. The molecule has 0 unspecified atom stereocenters. The van der Waals surface area contributed by atoms with Crippen molar-refractivity contribution in [3.63, 3.8) is 0 Å². The van der Waals surface area contributed by atoms with Crippen molar-refractivity contribution in [1.29, 1.82) is 0 Å². The molecule has 0 spiro atoms. The van der Waals surface area contributed by atoms with E-state index in [-0.39, 0.29) is 28.9 Å². The van der Waals surface area contributed by atoms with Crippen molar-refractivity contribution < 1.29 is 30.0 Å². The highest BCUT2D eigenvalue weighted by Gasteiger charge is 2.69. The second-order valence-electron chi connectivity index (χ2n) is 10.1. The van der Waals surface area contributed by atoms with Gasteiger partial charge in [-0.15, -0.1) is 6.42 Å². The van der Waals surface area contributed by atoms with Gasteiger partial charge in [0, 0.05) is 24.7 Å². The maximum absolute atomic E-state index is 11.9. The minimum atomic E-state index is -1.61. The van der Waals surface area contributed by atoms with Crippen LogP contribution < -0.4 is 0 Å². The average Bonchev–Trinajstić information content (AvgIpc) is 2.87. The lowest BCUT2D eigenvalue weighted by Gasteiger charge is -2.60. The normalized spacial score (nSPS) is 51.5. The topological polar surface area (TPSA) is 107 Å². The Hall–Kier alpha value is -1.55. The zero-order chi connectivity index (χ0) is 21.4. The summed E-state index contributed by atoms with van der Waals surface area (Å²) < 4.78 is 5.75. The van der Waals surface area contributed by atoms with Gasteiger partial charge in [0.1, 0.15) is 18.0 Å². The highest BCUT2D eigenvalue weighted by molar-refractivity contribution is 5.66. The second-order valence-corrected chi connectivity index (χ2v) is 10.1. The van der Waals surface area contributed by atoms with Crippen molar-refractivity contribution in [3.8, 4) is 12.3 Å². The summed E-state index contributed by atoms with van der Waals surface area (Å²) in [7, 11) is 0. The molecule has 0 amide bonds. The van der Waals surface area contributed by atoms with E-state index < -0.39 is 35.3 Å². The SMILES string of the molecule is C#C[C@]1(O)[C@H](O)C[C@H]2[C@@H]3[C@@H](OC(C)=O)CC4=C(O)[C@H](O)CC[C@]4(C)[C@H]3CC[C@@]21C. The predicted octanol–water partition coefficient (Wildman–Crippen LogP) is 2.07. The van der Waals surface area contributed by atoms with Crippen LogP contribution >= 0.6 is 0 Å². The van der Waals surface area contributed by atoms with Gasteiger partial charge in [0.05, 0.1) is 6.10 Å². The molecule has 160 valence electrons. The Morgan fingerprint density at radius 2 is 1.90 bits per heavy atom. The summed E-state index contributed by atoms with van der Waals surface area (Å²) in [6.45, 7) is 5.45. The number of terminal acetylenes is 1. The Balaban J connectivity index is 1.82. The number of aliphatic hydroxyl groups is 4. The smallest absolute Gasteiger partial charge is 0.302 e. The minimum Gasteiger partial charge on any atom is -0.510 e. The van der Waals surface area contributed by atoms with E-state index in [4.69, 9.17) is 11.2 Å². The molecule has 9 atom stereocenters. The van der Waals surface area contributed by atoms with Gasteiger partial charge in [-0.05, 0) is 54.9 Å². The molecular weight excluding hydrogens is 372 g/mol. The second kappa shape index (κ2) is 6.47. The Morgan fingerprint density at radius 3 is 2.52 bits per heavy atom. The van der Waals surface area contributed by atoms with Gasteiger partial charge in [-0.1, -0.05) is 19.8 Å². The van der Waals surface area contributed by atoms with Gasteiger partial charge in [0.15, 0.2) is 5.60 Å². The number of hydrogen-bond acceptors (Lipinski definition) is 6. The van der Waals surface area contributed by atoms with E-state index in [0.29, 0.717) is 25.7 Å². The van der Waals surface area contributed by atoms with E-state index >= 15 is 0 Å². The third kappa shape index (κ3) is 2.57. The Morgan fingerprint density at radius 1 is 1.21 bits per heavy atom. The molecule has 0 heterocycles. The molecule has 0 bridgehead atoms. The van der Waals surface area contributed by atoms with E-state index in [9.17, 15) is 25.2 Å². The number of fused-ring (bicyclic) bond motifs is 5. The molecule has 0 aromatic rings. The number of carbonyl (C=O) groups excluding carboxylic acids is 1. The summed E-state index contributed by atoms with van der Waals surface area (Å²) in [5.74, 6) is 2.03. The van der Waals surface area contributed by atoms with E-state index in [0.717, 1.165) is 18.4 Å². The lowest BCUT2D eigenvalue weighted by atomic mass is 9.45. The van der Waals surface area contributed by atoms with Crippen LogP contribution in [0.3, 0.4) is 0 Å². The molecule has 0 saturated heterocycles. The summed E-state index contributed by atoms with van der Waals surface area (Å²) in [5.41, 5.74) is -1.80. The molecule has 3 saturated carbocycles. The molecular formula is C23H32O6. The van der Waals surface area contributed by atoms with Crippen molar-refractivity contribution >= 4 is 5.97 Å². The monoisotopic (exact) mass is 404 g/mol. The minimum absolute atomic E-state index is 0.0225. The van der Waals surface area contributed by atoms with Crippen molar-refractivity contribution in [3.05, 3.63) is 11.3 Å². The van der Waals surface area contributed by atoms with Crippen LogP contribution in [0.5, 0.6) is 0 Å². The quantitative estimate of drug-likeness (QED) is 0.394. The third-order valence-electron chi connectivity index (χ3n) is 8.99. The summed E-state index contributed by atoms with van der Waals surface area (Å²) in [6.07, 6.45) is 6.66. The fourth-order valence-corrected chi connectivity index (χ4v) is 7.38. The van der Waals surface area contributed by atoms with Crippen LogP contribution in [0.15, 0.2) is 11.3 Å². The van der Waals surface area contributed by atoms with Crippen LogP contribution in [0.4, 0.5) is 0 Å². The van der Waals surface area contributed by atoms with Crippen LogP contribution in [0.2, 0.25) is 0 Å². The highest BCUT2D eigenvalue weighted by Crippen LogP contribution is 2.68. The summed E-state index contributed by atoms with van der Waals surface area (Å²) in [5, 5.41) is 42.8. The summed E-state index contributed by atoms with van der Waals surface area (Å²) >= 11 is 0. The van der Waals surface area contributed by atoms with E-state index in [1.54, 1.807) is 0 Å². The first kappa shape index (κ1) is 20.7. The van der Waals surface area contributed by atoms with Crippen molar-refractivity contribution in [2.75, 3.05) is 0 Å². The van der Waals surface area contributed by atoms with Crippen LogP contribution in [-0.4, -0.2) is 50.3 Å². The molecule has 0 aromatic heterocycles. The molecule has 4 rings (SSSR count). The molecule has 4 aliphatic carbocycles. The van der Waals surface area contributed by atoms with Crippen molar-refractivity contribution in [1.82, 2.24) is 0 Å². The number of carbonyl (C=O) groups is 1. The Kier molecular flexibility index (Phi) is 4.62. The summed E-state index contributed by atoms with van der Waals surface area (Å²) in [4.78, 5) is 11.9. The fraction of sp³-hybridized carbons (Fsp3) is 0.783. The maximum Gasteiger partial charge on any atom is 0.302 e. The van der Waals surface area contributed by atoms with Crippen LogP contribution in [-0.2, 0) is 9.53 Å². The third-order valence-corrected chi connectivity index (χ3v) is 8.99. The molecule has 29 heavy (non-hydrogen) atoms. The van der Waals surface area contributed by atoms with Crippen molar-refractivity contribution in [2.24, 2.45) is 28.6 Å². The number of aliphatic hydroxyl groups excluding tert-OH is 3. The van der Waals surface area contributed by atoms with Gasteiger partial charge in [-0.2, -0.15) is 0 Å². The van der Waals surface area contributed by atoms with Crippen LogP contribution in [0.25, 0.3) is 0 Å². The average molecular weight is 405 g/mol. The summed E-state index contributed by atoms with van der Waals surface area (Å²) in [6, 6.07) is 0. The molecule has 4 N–H and O–H groups in total. The van der Waals surface area contributed by atoms with E-state index in [1.165, 1.54) is 6.92 Å². The zero-order valence-electron chi connectivity index (χ0n) is 17.4. The predicted molar refractivity (Wildman–Crippen MR) is 105 cm³/mol. The molecule has 4 aliphatic rings. The van der Waals surface area contributed by atoms with Crippen LogP contribution in [0.1, 0.15) is 59.3 Å². The number of ether oxygens (including phenoxy) is 1. The fourth-order valence-electron chi connectivity index (χ4n) is 7.38. The number of esters is 1. The first-order valence-electron chi connectivity index (χ1n) is 10.7. The van der Waals surface area contributed by atoms with E-state index in [2.05, 4.69) is 12.8 Å². The van der Waals surface area contributed by atoms with Crippen molar-refractivity contribution in [2.45, 2.75) is 83.2 Å². The molecule has 0 aromatic carbocycles. The Labute approximate surface area is 172 Å². The maximum atomic E-state index is 11.9. The van der Waals surface area contributed by atoms with Gasteiger partial charge in [0.25, 0.3) is 0 Å².